The first-order valence-corrected chi connectivity index (χ1v) is 7.19. The van der Waals surface area contributed by atoms with Crippen molar-refractivity contribution in [2.45, 2.75) is 0 Å². The van der Waals surface area contributed by atoms with Crippen LogP contribution in [0.2, 0.25) is 0 Å². The lowest BCUT2D eigenvalue weighted by molar-refractivity contribution is -0.384. The van der Waals surface area contributed by atoms with Gasteiger partial charge in [-0.15, -0.1) is 5.10 Å². The Morgan fingerprint density at radius 1 is 1.24 bits per heavy atom. The number of nitrogens with one attached hydrogen (secondary N) is 2. The minimum atomic E-state index is -0.564. The van der Waals surface area contributed by atoms with Gasteiger partial charge in [0.05, 0.1) is 12.0 Å². The van der Waals surface area contributed by atoms with Gasteiger partial charge in [-0.25, -0.2) is 0 Å². The smallest absolute Gasteiger partial charge is 0.270 e. The average molecular weight is 339 g/mol. The Morgan fingerprint density at radius 2 is 2.00 bits per heavy atom. The molecule has 2 N–H and O–H groups in total. The second-order valence-corrected chi connectivity index (χ2v) is 5.00. The van der Waals surface area contributed by atoms with Crippen molar-refractivity contribution in [3.05, 3.63) is 64.2 Å². The van der Waals surface area contributed by atoms with Crippen molar-refractivity contribution in [1.82, 2.24) is 15.2 Å². The Hall–Kier alpha value is -3.75. The lowest BCUT2D eigenvalue weighted by atomic mass is 10.2. The number of H-pyrrole nitrogens is 1. The summed E-state index contributed by atoms with van der Waals surface area (Å²) in [4.78, 5) is 26.6. The molecular weight excluding hydrogens is 326 g/mol. The number of methoxy groups -OCH3 is 1. The van der Waals surface area contributed by atoms with Gasteiger partial charge in [0, 0.05) is 23.3 Å². The summed E-state index contributed by atoms with van der Waals surface area (Å²) in [6.07, 6.45) is 0. The van der Waals surface area contributed by atoms with Gasteiger partial charge < -0.3 is 4.74 Å². The van der Waals surface area contributed by atoms with E-state index in [-0.39, 0.29) is 17.2 Å². The van der Waals surface area contributed by atoms with E-state index < -0.39 is 10.8 Å². The summed E-state index contributed by atoms with van der Waals surface area (Å²) in [5.41, 5.74) is 0.746. The minimum Gasteiger partial charge on any atom is -0.497 e. The summed E-state index contributed by atoms with van der Waals surface area (Å²) in [6.45, 7) is 0. The number of carbonyl (C=O) groups is 1. The number of nitrogens with zero attached hydrogens (tertiary/aromatic N) is 3. The summed E-state index contributed by atoms with van der Waals surface area (Å²) in [5, 5.41) is 19.9. The highest BCUT2D eigenvalue weighted by atomic mass is 16.6. The monoisotopic (exact) mass is 339 g/mol. The normalized spacial score (nSPS) is 10.3. The molecule has 3 rings (SSSR count). The van der Waals surface area contributed by atoms with Crippen LogP contribution in [-0.4, -0.2) is 33.1 Å². The van der Waals surface area contributed by atoms with E-state index in [1.54, 1.807) is 31.4 Å². The molecule has 126 valence electrons. The number of nitro groups is 1. The minimum absolute atomic E-state index is 0.0716. The highest BCUT2D eigenvalue weighted by molar-refractivity contribution is 6.03. The summed E-state index contributed by atoms with van der Waals surface area (Å²) in [5.74, 6) is 0.714. The number of nitro benzene ring substituents is 1. The van der Waals surface area contributed by atoms with Gasteiger partial charge >= 0.3 is 0 Å². The molecule has 25 heavy (non-hydrogen) atoms. The third-order valence-corrected chi connectivity index (χ3v) is 3.39. The van der Waals surface area contributed by atoms with Gasteiger partial charge in [0.15, 0.2) is 5.82 Å². The lowest BCUT2D eigenvalue weighted by Crippen LogP contribution is -2.13. The number of non-ortho nitro benzene ring substituents is 1. The topological polar surface area (TPSA) is 123 Å². The zero-order valence-electron chi connectivity index (χ0n) is 13.1. The fourth-order valence-electron chi connectivity index (χ4n) is 2.13. The first kappa shape index (κ1) is 16.1. The number of hydrogen-bond acceptors (Lipinski definition) is 6. The van der Waals surface area contributed by atoms with Crippen molar-refractivity contribution in [1.29, 1.82) is 0 Å². The molecule has 1 heterocycles. The molecule has 0 bridgehead atoms. The number of rotatable bonds is 5. The number of hydrogen-bond donors (Lipinski definition) is 2. The maximum atomic E-state index is 12.2. The maximum Gasteiger partial charge on any atom is 0.270 e. The van der Waals surface area contributed by atoms with Gasteiger partial charge in [0.25, 0.3) is 11.6 Å². The Bertz CT molecular complexity index is 920. The van der Waals surface area contributed by atoms with Gasteiger partial charge in [-0.2, -0.15) is 4.98 Å². The number of anilines is 1. The molecule has 0 fully saturated rings. The van der Waals surface area contributed by atoms with E-state index in [4.69, 9.17) is 4.74 Å². The van der Waals surface area contributed by atoms with Crippen LogP contribution in [0.15, 0.2) is 48.5 Å². The molecule has 0 unspecified atom stereocenters. The molecule has 0 radical (unpaired) electrons. The van der Waals surface area contributed by atoms with Gasteiger partial charge in [0.2, 0.25) is 5.95 Å². The Morgan fingerprint density at radius 3 is 2.68 bits per heavy atom. The molecule has 0 saturated carbocycles. The quantitative estimate of drug-likeness (QED) is 0.544. The number of benzene rings is 2. The molecule has 9 heteroatoms. The van der Waals surface area contributed by atoms with E-state index in [9.17, 15) is 14.9 Å². The van der Waals surface area contributed by atoms with Crippen molar-refractivity contribution >= 4 is 17.5 Å². The second kappa shape index (κ2) is 6.79. The Kier molecular flexibility index (Phi) is 4.38. The number of ether oxygens (including phenoxy) is 1. The molecule has 0 aliphatic carbocycles. The molecule has 0 atom stereocenters. The van der Waals surface area contributed by atoms with Crippen LogP contribution in [0.25, 0.3) is 11.4 Å². The first-order chi connectivity index (χ1) is 12.1. The van der Waals surface area contributed by atoms with Gasteiger partial charge in [0.1, 0.15) is 5.75 Å². The second-order valence-electron chi connectivity index (χ2n) is 5.00. The highest BCUT2D eigenvalue weighted by Crippen LogP contribution is 2.20. The van der Waals surface area contributed by atoms with Crippen LogP contribution in [0.1, 0.15) is 10.4 Å². The molecular formula is C16H13N5O4. The number of aromatic amines is 1. The standard InChI is InChI=1S/C16H13N5O4/c1-25-13-7-5-10(6-8-13)14-17-16(20-19-14)18-15(22)11-3-2-4-12(9-11)21(23)24/h2-9H,1H3,(H2,17,18,19,20,22). The van der Waals surface area contributed by atoms with Crippen LogP contribution < -0.4 is 10.1 Å². The number of amides is 1. The van der Waals surface area contributed by atoms with E-state index in [1.165, 1.54) is 24.3 Å². The molecule has 3 aromatic rings. The highest BCUT2D eigenvalue weighted by Gasteiger charge is 2.14. The number of carbonyl (C=O) groups excluding carboxylic acids is 1. The van der Waals surface area contributed by atoms with Crippen LogP contribution in [-0.2, 0) is 0 Å². The third-order valence-electron chi connectivity index (χ3n) is 3.39. The van der Waals surface area contributed by atoms with Crippen LogP contribution in [0.3, 0.4) is 0 Å². The fourth-order valence-corrected chi connectivity index (χ4v) is 2.13. The molecule has 2 aromatic carbocycles. The van der Waals surface area contributed by atoms with E-state index in [0.717, 1.165) is 5.56 Å². The van der Waals surface area contributed by atoms with Crippen LogP contribution in [0.5, 0.6) is 5.75 Å². The van der Waals surface area contributed by atoms with Gasteiger partial charge in [-0.1, -0.05) is 6.07 Å². The summed E-state index contributed by atoms with van der Waals surface area (Å²) in [7, 11) is 1.57. The van der Waals surface area contributed by atoms with Gasteiger partial charge in [-0.3, -0.25) is 25.3 Å². The Labute approximate surface area is 141 Å². The SMILES string of the molecule is COc1ccc(-c2nc(NC(=O)c3cccc([N+](=O)[O-])c3)n[nH]2)cc1. The van der Waals surface area contributed by atoms with E-state index in [1.807, 2.05) is 0 Å². The van der Waals surface area contributed by atoms with Crippen molar-refractivity contribution in [3.63, 3.8) is 0 Å². The third kappa shape index (κ3) is 3.61. The summed E-state index contributed by atoms with van der Waals surface area (Å²) < 4.78 is 5.09. The molecule has 0 aliphatic rings. The van der Waals surface area contributed by atoms with Crippen LogP contribution in [0.4, 0.5) is 11.6 Å². The number of aromatic nitrogens is 3. The van der Waals surface area contributed by atoms with Crippen LogP contribution in [0, 0.1) is 10.1 Å². The van der Waals surface area contributed by atoms with E-state index in [0.29, 0.717) is 11.6 Å². The fraction of sp³-hybridized carbons (Fsp3) is 0.0625. The summed E-state index contributed by atoms with van der Waals surface area (Å²) in [6, 6.07) is 12.6. The molecule has 0 saturated heterocycles. The molecule has 0 spiro atoms. The zero-order chi connectivity index (χ0) is 17.8. The van der Waals surface area contributed by atoms with Crippen LogP contribution >= 0.6 is 0 Å². The van der Waals surface area contributed by atoms with E-state index in [2.05, 4.69) is 20.5 Å². The maximum absolute atomic E-state index is 12.2. The molecule has 1 aromatic heterocycles. The van der Waals surface area contributed by atoms with Crippen molar-refractivity contribution in [2.24, 2.45) is 0 Å². The largest absolute Gasteiger partial charge is 0.497 e. The van der Waals surface area contributed by atoms with Crippen molar-refractivity contribution < 1.29 is 14.5 Å². The Balaban J connectivity index is 1.75. The lowest BCUT2D eigenvalue weighted by Gasteiger charge is -2.01. The average Bonchev–Trinajstić information content (AvgIpc) is 3.10. The van der Waals surface area contributed by atoms with Gasteiger partial charge in [-0.05, 0) is 30.3 Å². The predicted molar refractivity (Wildman–Crippen MR) is 89.4 cm³/mol. The molecule has 1 amide bonds. The molecule has 0 aliphatic heterocycles. The van der Waals surface area contributed by atoms with E-state index >= 15 is 0 Å². The molecule has 9 nitrogen and oxygen atoms in total. The van der Waals surface area contributed by atoms with Crippen molar-refractivity contribution in [3.8, 4) is 17.1 Å². The zero-order valence-corrected chi connectivity index (χ0v) is 13.1. The summed E-state index contributed by atoms with van der Waals surface area (Å²) >= 11 is 0. The first-order valence-electron chi connectivity index (χ1n) is 7.19. The predicted octanol–water partition coefficient (Wildman–Crippen LogP) is 2.64. The van der Waals surface area contributed by atoms with Crippen molar-refractivity contribution in [2.75, 3.05) is 12.4 Å².